The summed E-state index contributed by atoms with van der Waals surface area (Å²) in [6.45, 7) is 4.73. The summed E-state index contributed by atoms with van der Waals surface area (Å²) in [5, 5.41) is 20.3. The van der Waals surface area contributed by atoms with E-state index < -0.39 is 41.9 Å². The summed E-state index contributed by atoms with van der Waals surface area (Å²) in [4.78, 5) is 22.5. The van der Waals surface area contributed by atoms with Crippen molar-refractivity contribution in [1.29, 1.82) is 0 Å². The fourth-order valence-corrected chi connectivity index (χ4v) is 1.76. The molecule has 134 valence electrons. The third-order valence-corrected chi connectivity index (χ3v) is 2.77. The van der Waals surface area contributed by atoms with Crippen molar-refractivity contribution in [3.8, 4) is 0 Å². The van der Waals surface area contributed by atoms with Gasteiger partial charge < -0.3 is 14.9 Å². The fourth-order valence-electron chi connectivity index (χ4n) is 1.76. The number of alkyl halides is 3. The number of aliphatic hydroxyl groups excluding tert-OH is 1. The maximum Gasteiger partial charge on any atom is 0.416 e. The summed E-state index contributed by atoms with van der Waals surface area (Å²) in [6.07, 6.45) is -7.93. The monoisotopic (exact) mass is 349 g/mol. The molecule has 0 aliphatic carbocycles. The summed E-state index contributed by atoms with van der Waals surface area (Å²) < 4.78 is 43.4. The molecule has 0 saturated carbocycles. The van der Waals surface area contributed by atoms with Gasteiger partial charge in [-0.1, -0.05) is 6.07 Å². The van der Waals surface area contributed by atoms with Gasteiger partial charge in [-0.15, -0.1) is 0 Å². The molecule has 0 heterocycles. The Labute approximate surface area is 136 Å². The lowest BCUT2D eigenvalue weighted by atomic mass is 10.0. The third-order valence-electron chi connectivity index (χ3n) is 2.77. The summed E-state index contributed by atoms with van der Waals surface area (Å²) in [5.41, 5.74) is -2.14. The number of hydrogen-bond donors (Lipinski definition) is 3. The number of carbonyl (C=O) groups is 2. The van der Waals surface area contributed by atoms with Crippen LogP contribution >= 0.6 is 0 Å². The van der Waals surface area contributed by atoms with E-state index in [9.17, 15) is 27.9 Å². The van der Waals surface area contributed by atoms with Gasteiger partial charge in [0.25, 0.3) is 0 Å². The maximum absolute atomic E-state index is 12.8. The quantitative estimate of drug-likeness (QED) is 0.776. The number of aliphatic carboxylic acids is 1. The largest absolute Gasteiger partial charge is 0.479 e. The highest BCUT2D eigenvalue weighted by Crippen LogP contribution is 2.32. The van der Waals surface area contributed by atoms with E-state index >= 15 is 0 Å². The number of nitrogens with one attached hydrogen (secondary N) is 1. The van der Waals surface area contributed by atoms with Crippen LogP contribution in [0.25, 0.3) is 0 Å². The number of carboxylic acids is 1. The molecule has 1 rings (SSSR count). The van der Waals surface area contributed by atoms with Gasteiger partial charge in [0.15, 0.2) is 6.10 Å². The second kappa shape index (κ2) is 7.08. The highest BCUT2D eigenvalue weighted by atomic mass is 19.4. The fraction of sp³-hybridized carbons (Fsp3) is 0.467. The first-order chi connectivity index (χ1) is 10.8. The molecular formula is C15H18F3NO5. The molecule has 1 aromatic carbocycles. The predicted octanol–water partition coefficient (Wildman–Crippen LogP) is 3.04. The van der Waals surface area contributed by atoms with Crippen LogP contribution in [0.2, 0.25) is 0 Å². The Morgan fingerprint density at radius 1 is 1.25 bits per heavy atom. The minimum absolute atomic E-state index is 0.0313. The van der Waals surface area contributed by atoms with Crippen molar-refractivity contribution in [2.45, 2.75) is 45.1 Å². The van der Waals surface area contributed by atoms with Crippen LogP contribution in [-0.4, -0.2) is 34.0 Å². The van der Waals surface area contributed by atoms with E-state index in [1.54, 1.807) is 20.8 Å². The average Bonchev–Trinajstić information content (AvgIpc) is 2.36. The second-order valence-electron chi connectivity index (χ2n) is 6.05. The summed E-state index contributed by atoms with van der Waals surface area (Å²) >= 11 is 0. The van der Waals surface area contributed by atoms with Gasteiger partial charge in [0, 0.05) is 12.1 Å². The second-order valence-corrected chi connectivity index (χ2v) is 6.05. The van der Waals surface area contributed by atoms with Gasteiger partial charge in [0.2, 0.25) is 0 Å². The Balaban J connectivity index is 3.15. The van der Waals surface area contributed by atoms with Crippen LogP contribution in [0.3, 0.4) is 0 Å². The van der Waals surface area contributed by atoms with Crippen LogP contribution in [0.15, 0.2) is 18.2 Å². The van der Waals surface area contributed by atoms with Gasteiger partial charge in [-0.2, -0.15) is 13.2 Å². The number of benzene rings is 1. The number of carboxylic acid groups (broad SMARTS) is 1. The molecule has 3 N–H and O–H groups in total. The smallest absolute Gasteiger partial charge is 0.416 e. The number of amides is 1. The van der Waals surface area contributed by atoms with Crippen molar-refractivity contribution in [3.63, 3.8) is 0 Å². The molecule has 1 unspecified atom stereocenters. The standard InChI is InChI=1S/C15H18F3NO5/c1-14(2,3)24-13(23)19-10-7-9(15(16,17)18)5-4-8(10)6-11(20)12(21)22/h4-5,7,11,20H,6H2,1-3H3,(H,19,23)(H,21,22). The molecule has 0 radical (unpaired) electrons. The van der Waals surface area contributed by atoms with Gasteiger partial charge in [0.1, 0.15) is 5.60 Å². The molecule has 0 bridgehead atoms. The van der Waals surface area contributed by atoms with E-state index in [1.807, 2.05) is 0 Å². The number of ether oxygens (including phenoxy) is 1. The van der Waals surface area contributed by atoms with E-state index in [2.05, 4.69) is 5.32 Å². The number of aliphatic hydroxyl groups is 1. The van der Waals surface area contributed by atoms with Crippen LogP contribution in [0.5, 0.6) is 0 Å². The predicted molar refractivity (Wildman–Crippen MR) is 78.6 cm³/mol. The molecule has 1 amide bonds. The Bertz CT molecular complexity index is 623. The normalized spacial score (nSPS) is 13.3. The Hall–Kier alpha value is -2.29. The number of halogens is 3. The average molecular weight is 349 g/mol. The molecule has 24 heavy (non-hydrogen) atoms. The van der Waals surface area contributed by atoms with Crippen LogP contribution in [0.4, 0.5) is 23.7 Å². The summed E-state index contributed by atoms with van der Waals surface area (Å²) in [6, 6.07) is 2.40. The van der Waals surface area contributed by atoms with Crippen molar-refractivity contribution in [1.82, 2.24) is 0 Å². The Kier molecular flexibility index (Phi) is 5.83. The van der Waals surface area contributed by atoms with Crippen LogP contribution in [-0.2, 0) is 22.1 Å². The molecule has 1 aromatic rings. The number of rotatable bonds is 4. The van der Waals surface area contributed by atoms with E-state index in [-0.39, 0.29) is 11.3 Å². The van der Waals surface area contributed by atoms with Gasteiger partial charge >= 0.3 is 18.2 Å². The van der Waals surface area contributed by atoms with E-state index in [4.69, 9.17) is 9.84 Å². The first-order valence-electron chi connectivity index (χ1n) is 6.90. The molecule has 0 saturated heterocycles. The van der Waals surface area contributed by atoms with Crippen LogP contribution in [0.1, 0.15) is 31.9 Å². The first kappa shape index (κ1) is 19.8. The molecule has 0 aliphatic rings. The lowest BCUT2D eigenvalue weighted by Gasteiger charge is -2.21. The molecule has 1 atom stereocenters. The SMILES string of the molecule is CC(C)(C)OC(=O)Nc1cc(C(F)(F)F)ccc1CC(O)C(=O)O. The van der Waals surface area contributed by atoms with Gasteiger partial charge in [-0.25, -0.2) is 9.59 Å². The zero-order valence-electron chi connectivity index (χ0n) is 13.3. The van der Waals surface area contributed by atoms with Crippen molar-refractivity contribution < 1.29 is 37.7 Å². The number of hydrogen-bond acceptors (Lipinski definition) is 4. The van der Waals surface area contributed by atoms with Crippen molar-refractivity contribution in [3.05, 3.63) is 29.3 Å². The zero-order chi connectivity index (χ0) is 18.7. The summed E-state index contributed by atoms with van der Waals surface area (Å²) in [5.74, 6) is -1.53. The maximum atomic E-state index is 12.8. The molecular weight excluding hydrogens is 331 g/mol. The van der Waals surface area contributed by atoms with Gasteiger partial charge in [-0.3, -0.25) is 5.32 Å². The first-order valence-corrected chi connectivity index (χ1v) is 6.90. The zero-order valence-corrected chi connectivity index (χ0v) is 13.3. The topological polar surface area (TPSA) is 95.9 Å². The van der Waals surface area contributed by atoms with Gasteiger partial charge in [-0.05, 0) is 38.5 Å². The number of anilines is 1. The lowest BCUT2D eigenvalue weighted by Crippen LogP contribution is -2.28. The minimum Gasteiger partial charge on any atom is -0.479 e. The van der Waals surface area contributed by atoms with Crippen LogP contribution in [0, 0.1) is 0 Å². The lowest BCUT2D eigenvalue weighted by molar-refractivity contribution is -0.146. The molecule has 9 heteroatoms. The Morgan fingerprint density at radius 2 is 1.83 bits per heavy atom. The van der Waals surface area contributed by atoms with Crippen molar-refractivity contribution in [2.75, 3.05) is 5.32 Å². The van der Waals surface area contributed by atoms with Crippen molar-refractivity contribution >= 4 is 17.7 Å². The summed E-state index contributed by atoms with van der Waals surface area (Å²) in [7, 11) is 0. The Morgan fingerprint density at radius 3 is 2.29 bits per heavy atom. The molecule has 6 nitrogen and oxygen atoms in total. The van der Waals surface area contributed by atoms with Crippen molar-refractivity contribution in [2.24, 2.45) is 0 Å². The highest BCUT2D eigenvalue weighted by molar-refractivity contribution is 5.86. The molecule has 0 fully saturated rings. The minimum atomic E-state index is -4.64. The third kappa shape index (κ3) is 6.07. The van der Waals surface area contributed by atoms with E-state index in [0.717, 1.165) is 12.1 Å². The number of carbonyl (C=O) groups excluding carboxylic acids is 1. The molecule has 0 aromatic heterocycles. The molecule has 0 spiro atoms. The van der Waals surface area contributed by atoms with Gasteiger partial charge in [0.05, 0.1) is 5.56 Å². The van der Waals surface area contributed by atoms with Crippen LogP contribution < -0.4 is 5.32 Å². The van der Waals surface area contributed by atoms with E-state index in [0.29, 0.717) is 6.07 Å². The van der Waals surface area contributed by atoms with E-state index in [1.165, 1.54) is 0 Å². The molecule has 0 aliphatic heterocycles. The highest BCUT2D eigenvalue weighted by Gasteiger charge is 2.32.